The number of anilines is 3. The van der Waals surface area contributed by atoms with Crippen LogP contribution in [0.4, 0.5) is 17.2 Å². The van der Waals surface area contributed by atoms with E-state index < -0.39 is 0 Å². The van der Waals surface area contributed by atoms with Crippen molar-refractivity contribution in [2.45, 2.75) is 0 Å². The molecule has 8 rings (SSSR count). The van der Waals surface area contributed by atoms with E-state index in [0.717, 1.165) is 44.8 Å². The van der Waals surface area contributed by atoms with Gasteiger partial charge in [-0.25, -0.2) is 4.98 Å². The van der Waals surface area contributed by atoms with Crippen LogP contribution >= 0.6 is 0 Å². The van der Waals surface area contributed by atoms with Crippen LogP contribution in [-0.2, 0) is 0 Å². The smallest absolute Gasteiger partial charge is 0.181 e. The number of furan rings is 1. The number of benzene rings is 5. The number of hydrogen-bond donors (Lipinski definition) is 0. The highest BCUT2D eigenvalue weighted by atomic mass is 16.3. The maximum absolute atomic E-state index is 6.54. The monoisotopic (exact) mass is 501 g/mol. The first-order chi connectivity index (χ1) is 19.4. The van der Waals surface area contributed by atoms with Crippen molar-refractivity contribution < 1.29 is 4.42 Å². The Balaban J connectivity index is 1.38. The van der Waals surface area contributed by atoms with Crippen molar-refractivity contribution in [2.24, 2.45) is 0 Å². The van der Waals surface area contributed by atoms with Crippen molar-refractivity contribution in [3.8, 4) is 5.69 Å². The molecule has 184 valence electrons. The number of pyridine rings is 1. The molecule has 0 aliphatic carbocycles. The van der Waals surface area contributed by atoms with Crippen molar-refractivity contribution >= 4 is 60.9 Å². The summed E-state index contributed by atoms with van der Waals surface area (Å²) in [4.78, 5) is 6.99. The molecular weight excluding hydrogens is 478 g/mol. The van der Waals surface area contributed by atoms with Crippen LogP contribution in [0, 0.1) is 0 Å². The standard InChI is InChI=1S/C35H23N3O/c1-3-11-24(12-4-1)37(25-13-5-2-6-14-25)35-34-29(21-22-36-35)30-23-26(19-20-33(30)39-34)38-31-17-9-7-15-27(31)28-16-8-10-18-32(28)38/h1-23H. The lowest BCUT2D eigenvalue weighted by Gasteiger charge is -2.24. The SMILES string of the molecule is c1ccc(N(c2ccccc2)c2nccc3c2oc2ccc(-n4c5ccccc5c5ccccc54)cc23)cc1. The lowest BCUT2D eigenvalue weighted by molar-refractivity contribution is 0.667. The molecule has 0 spiro atoms. The fourth-order valence-electron chi connectivity index (χ4n) is 5.72. The van der Waals surface area contributed by atoms with Crippen molar-refractivity contribution in [3.63, 3.8) is 0 Å². The number of hydrogen-bond acceptors (Lipinski definition) is 3. The molecule has 0 saturated heterocycles. The molecule has 0 N–H and O–H groups in total. The molecule has 0 fully saturated rings. The van der Waals surface area contributed by atoms with Gasteiger partial charge in [0, 0.05) is 44.8 Å². The zero-order valence-electron chi connectivity index (χ0n) is 21.0. The largest absolute Gasteiger partial charge is 0.452 e. The second-order valence-electron chi connectivity index (χ2n) is 9.67. The molecule has 39 heavy (non-hydrogen) atoms. The van der Waals surface area contributed by atoms with Crippen LogP contribution in [0.1, 0.15) is 0 Å². The van der Waals surface area contributed by atoms with E-state index in [2.05, 4.69) is 107 Å². The van der Waals surface area contributed by atoms with E-state index >= 15 is 0 Å². The van der Waals surface area contributed by atoms with Crippen LogP contribution in [-0.4, -0.2) is 9.55 Å². The lowest BCUT2D eigenvalue weighted by Crippen LogP contribution is -2.11. The van der Waals surface area contributed by atoms with Gasteiger partial charge < -0.3 is 8.98 Å². The van der Waals surface area contributed by atoms with Gasteiger partial charge in [0.25, 0.3) is 0 Å². The first-order valence-electron chi connectivity index (χ1n) is 13.1. The highest BCUT2D eigenvalue weighted by Crippen LogP contribution is 2.41. The van der Waals surface area contributed by atoms with Gasteiger partial charge in [-0.3, -0.25) is 4.90 Å². The molecule has 0 amide bonds. The Morgan fingerprint density at radius 2 is 1.13 bits per heavy atom. The van der Waals surface area contributed by atoms with E-state index in [9.17, 15) is 0 Å². The third-order valence-corrected chi connectivity index (χ3v) is 7.43. The Kier molecular flexibility index (Phi) is 4.79. The maximum Gasteiger partial charge on any atom is 0.181 e. The van der Waals surface area contributed by atoms with Crippen LogP contribution in [0.2, 0.25) is 0 Å². The van der Waals surface area contributed by atoms with Gasteiger partial charge in [0.1, 0.15) is 5.58 Å². The van der Waals surface area contributed by atoms with Crippen molar-refractivity contribution in [1.82, 2.24) is 9.55 Å². The molecular formula is C35H23N3O. The predicted octanol–water partition coefficient (Wildman–Crippen LogP) is 9.55. The molecule has 4 heteroatoms. The van der Waals surface area contributed by atoms with E-state index in [4.69, 9.17) is 9.40 Å². The molecule has 4 nitrogen and oxygen atoms in total. The number of nitrogens with zero attached hydrogens (tertiary/aromatic N) is 3. The minimum atomic E-state index is 0.763. The van der Waals surface area contributed by atoms with Crippen LogP contribution in [0.25, 0.3) is 49.4 Å². The Labute approximate surface area is 225 Å². The highest BCUT2D eigenvalue weighted by Gasteiger charge is 2.21. The van der Waals surface area contributed by atoms with Gasteiger partial charge in [-0.2, -0.15) is 0 Å². The molecule has 0 radical (unpaired) electrons. The highest BCUT2D eigenvalue weighted by molar-refractivity contribution is 6.12. The number of para-hydroxylation sites is 4. The third-order valence-electron chi connectivity index (χ3n) is 7.43. The van der Waals surface area contributed by atoms with Gasteiger partial charge in [-0.1, -0.05) is 72.8 Å². The predicted molar refractivity (Wildman–Crippen MR) is 161 cm³/mol. The van der Waals surface area contributed by atoms with Gasteiger partial charge in [0.15, 0.2) is 11.4 Å². The molecule has 0 aliphatic rings. The van der Waals surface area contributed by atoms with Gasteiger partial charge in [0.05, 0.1) is 11.0 Å². The van der Waals surface area contributed by atoms with Crippen LogP contribution in [0.5, 0.6) is 0 Å². The zero-order valence-corrected chi connectivity index (χ0v) is 21.0. The summed E-state index contributed by atoms with van der Waals surface area (Å²) in [7, 11) is 0. The second-order valence-corrected chi connectivity index (χ2v) is 9.67. The normalized spacial score (nSPS) is 11.6. The molecule has 3 aromatic heterocycles. The molecule has 0 bridgehead atoms. The summed E-state index contributed by atoms with van der Waals surface area (Å²) in [5.41, 5.74) is 7.12. The summed E-state index contributed by atoms with van der Waals surface area (Å²) < 4.78 is 8.88. The summed E-state index contributed by atoms with van der Waals surface area (Å²) >= 11 is 0. The summed E-state index contributed by atoms with van der Waals surface area (Å²) in [5.74, 6) is 0.763. The van der Waals surface area contributed by atoms with Crippen LogP contribution < -0.4 is 4.90 Å². The zero-order chi connectivity index (χ0) is 25.8. The third kappa shape index (κ3) is 3.35. The Bertz CT molecular complexity index is 2030. The fraction of sp³-hybridized carbons (Fsp3) is 0. The number of aromatic nitrogens is 2. The summed E-state index contributed by atoms with van der Waals surface area (Å²) in [5, 5.41) is 4.60. The molecule has 3 heterocycles. The Hall–Kier alpha value is -5.35. The van der Waals surface area contributed by atoms with Crippen molar-refractivity contribution in [2.75, 3.05) is 4.90 Å². The maximum atomic E-state index is 6.54. The van der Waals surface area contributed by atoms with Gasteiger partial charge >= 0.3 is 0 Å². The van der Waals surface area contributed by atoms with Crippen molar-refractivity contribution in [1.29, 1.82) is 0 Å². The number of rotatable bonds is 4. The number of fused-ring (bicyclic) bond motifs is 6. The first kappa shape index (κ1) is 21.7. The van der Waals surface area contributed by atoms with E-state index in [-0.39, 0.29) is 0 Å². The summed E-state index contributed by atoms with van der Waals surface area (Å²) in [6, 6.07) is 46.3. The average molecular weight is 502 g/mol. The van der Waals surface area contributed by atoms with E-state index in [1.54, 1.807) is 0 Å². The second kappa shape index (κ2) is 8.61. The molecule has 0 unspecified atom stereocenters. The van der Waals surface area contributed by atoms with Crippen LogP contribution in [0.3, 0.4) is 0 Å². The topological polar surface area (TPSA) is 34.2 Å². The van der Waals surface area contributed by atoms with Crippen LogP contribution in [0.15, 0.2) is 144 Å². The summed E-state index contributed by atoms with van der Waals surface area (Å²) in [6.07, 6.45) is 1.87. The van der Waals surface area contributed by atoms with Gasteiger partial charge in [-0.05, 0) is 60.7 Å². The van der Waals surface area contributed by atoms with Crippen molar-refractivity contribution in [3.05, 3.63) is 140 Å². The molecule has 5 aromatic carbocycles. The molecule has 8 aromatic rings. The quantitative estimate of drug-likeness (QED) is 0.241. The molecule has 0 atom stereocenters. The van der Waals surface area contributed by atoms with Gasteiger partial charge in [0.2, 0.25) is 0 Å². The molecule has 0 aliphatic heterocycles. The van der Waals surface area contributed by atoms with E-state index in [1.165, 1.54) is 21.8 Å². The average Bonchev–Trinajstić information content (AvgIpc) is 3.54. The summed E-state index contributed by atoms with van der Waals surface area (Å²) in [6.45, 7) is 0. The van der Waals surface area contributed by atoms with Gasteiger partial charge in [-0.15, -0.1) is 0 Å². The lowest BCUT2D eigenvalue weighted by atomic mass is 10.1. The molecule has 0 saturated carbocycles. The Morgan fingerprint density at radius 3 is 1.77 bits per heavy atom. The minimum Gasteiger partial charge on any atom is -0.452 e. The Morgan fingerprint density at radius 1 is 0.538 bits per heavy atom. The minimum absolute atomic E-state index is 0.763. The van der Waals surface area contributed by atoms with E-state index in [0.29, 0.717) is 0 Å². The first-order valence-corrected chi connectivity index (χ1v) is 13.1. The fourth-order valence-corrected chi connectivity index (χ4v) is 5.72. The van der Waals surface area contributed by atoms with E-state index in [1.807, 2.05) is 42.6 Å².